The Morgan fingerprint density at radius 3 is 1.24 bits per heavy atom. The predicted molar refractivity (Wildman–Crippen MR) is 351 cm³/mol. The van der Waals surface area contributed by atoms with Gasteiger partial charge in [0.1, 0.15) is 11.8 Å². The summed E-state index contributed by atoms with van der Waals surface area (Å²) in [6.45, 7) is 5.27. The number of carboxylic acids is 2. The highest BCUT2D eigenvalue weighted by atomic mass is 32.2. The second kappa shape index (κ2) is 39.0. The van der Waals surface area contributed by atoms with E-state index in [1.807, 2.05) is 37.0 Å². The minimum Gasteiger partial charge on any atom is -0.481 e. The summed E-state index contributed by atoms with van der Waals surface area (Å²) in [6.07, 6.45) is 3.35. The topological polar surface area (TPSA) is 436 Å². The van der Waals surface area contributed by atoms with E-state index in [1.165, 1.54) is 32.9 Å². The first-order valence-corrected chi connectivity index (χ1v) is 33.9. The number of amides is 4. The third kappa shape index (κ3) is 26.1. The number of anilines is 2. The number of carboxylic acid groups (broad SMARTS) is 2. The maximum Gasteiger partial charge on any atom is 0.316 e. The third-order valence-electron chi connectivity index (χ3n) is 13.9. The van der Waals surface area contributed by atoms with Crippen LogP contribution in [0.15, 0.2) is 103 Å². The number of benzene rings is 4. The summed E-state index contributed by atoms with van der Waals surface area (Å²) < 4.78 is 55.8. The number of aryl methyl sites for hydroxylation is 2. The fourth-order valence-electron chi connectivity index (χ4n) is 8.93. The van der Waals surface area contributed by atoms with Crippen LogP contribution in [-0.4, -0.2) is 172 Å². The molecule has 31 nitrogen and oxygen atoms in total. The van der Waals surface area contributed by atoms with Crippen molar-refractivity contribution < 1.29 is 60.7 Å². The van der Waals surface area contributed by atoms with Crippen LogP contribution in [0.2, 0.25) is 0 Å². The number of aliphatic carboxylic acids is 2. The molecular formula is C58H77N17O14P2S2. The van der Waals surface area contributed by atoms with Crippen molar-refractivity contribution in [3.63, 3.8) is 0 Å². The number of hydrogen-bond acceptors (Lipinski definition) is 22. The van der Waals surface area contributed by atoms with Crippen molar-refractivity contribution in [3.05, 3.63) is 136 Å². The number of hydrogen-bond donors (Lipinski definition) is 8. The maximum atomic E-state index is 13.4. The lowest BCUT2D eigenvalue weighted by Crippen LogP contribution is -2.38. The largest absolute Gasteiger partial charge is 0.481 e. The molecule has 8 N–H and O–H groups in total. The highest BCUT2D eigenvalue weighted by Crippen LogP contribution is 2.24. The van der Waals surface area contributed by atoms with Crippen molar-refractivity contribution in [2.75, 3.05) is 72.5 Å². The fourth-order valence-corrected chi connectivity index (χ4v) is 12.3. The van der Waals surface area contributed by atoms with Gasteiger partial charge >= 0.3 is 11.9 Å². The lowest BCUT2D eigenvalue weighted by atomic mass is 10.0. The molecule has 0 saturated carbocycles. The Hall–Kier alpha value is -8.74. The van der Waals surface area contributed by atoms with Gasteiger partial charge in [-0.1, -0.05) is 79.6 Å². The van der Waals surface area contributed by atoms with E-state index in [0.717, 1.165) is 16.7 Å². The number of para-hydroxylation sites is 1. The van der Waals surface area contributed by atoms with Crippen LogP contribution in [0.5, 0.6) is 0 Å². The van der Waals surface area contributed by atoms with Crippen molar-refractivity contribution in [3.8, 4) is 22.8 Å². The summed E-state index contributed by atoms with van der Waals surface area (Å²) >= 11 is 0. The Morgan fingerprint density at radius 1 is 0.505 bits per heavy atom. The molecule has 0 spiro atoms. The highest BCUT2D eigenvalue weighted by Gasteiger charge is 2.27. The van der Waals surface area contributed by atoms with Crippen LogP contribution in [0.25, 0.3) is 22.8 Å². The molecule has 0 fully saturated rings. The molecule has 93 heavy (non-hydrogen) atoms. The number of rotatable bonds is 39. The van der Waals surface area contributed by atoms with E-state index < -0.39 is 60.6 Å². The van der Waals surface area contributed by atoms with Crippen LogP contribution in [0.1, 0.15) is 74.1 Å². The van der Waals surface area contributed by atoms with E-state index >= 15 is 0 Å². The number of nitro benzene ring substituents is 1. The van der Waals surface area contributed by atoms with Crippen molar-refractivity contribution in [2.24, 2.45) is 11.8 Å². The lowest BCUT2D eigenvalue weighted by Gasteiger charge is -2.24. The van der Waals surface area contributed by atoms with Gasteiger partial charge in [0.25, 0.3) is 5.69 Å². The molecular weight excluding hydrogens is 1280 g/mol. The van der Waals surface area contributed by atoms with Crippen molar-refractivity contribution >= 4 is 91.5 Å². The zero-order valence-corrected chi connectivity index (χ0v) is 55.2. The average molecular weight is 1360 g/mol. The number of nitrogens with one attached hydrogen (secondary N) is 6. The molecule has 2 heterocycles. The zero-order valence-electron chi connectivity index (χ0n) is 51.3. The van der Waals surface area contributed by atoms with E-state index in [2.05, 4.69) is 72.2 Å². The van der Waals surface area contributed by atoms with Gasteiger partial charge in [0.2, 0.25) is 55.3 Å². The van der Waals surface area contributed by atoms with Crippen LogP contribution in [0, 0.1) is 35.8 Å². The first kappa shape index (κ1) is 75.0. The molecule has 4 amide bonds. The molecule has 0 bridgehead atoms. The number of sulfonamides is 2. The van der Waals surface area contributed by atoms with Gasteiger partial charge in [-0.3, -0.25) is 47.5 Å². The molecule has 4 aromatic carbocycles. The van der Waals surface area contributed by atoms with E-state index in [9.17, 15) is 65.9 Å². The number of aromatic nitrogens is 8. The molecule has 2 aromatic heterocycles. The molecule has 0 radical (unpaired) electrons. The molecule has 500 valence electrons. The van der Waals surface area contributed by atoms with E-state index in [4.69, 9.17) is 0 Å². The summed E-state index contributed by atoms with van der Waals surface area (Å²) in [4.78, 5) is 81.4. The second-order valence-electron chi connectivity index (χ2n) is 20.9. The Labute approximate surface area is 543 Å². The summed E-state index contributed by atoms with van der Waals surface area (Å²) in [5.74, 6) is -4.99. The van der Waals surface area contributed by atoms with E-state index in [0.29, 0.717) is 86.3 Å². The van der Waals surface area contributed by atoms with Gasteiger partial charge in [0, 0.05) is 62.5 Å². The first-order valence-electron chi connectivity index (χ1n) is 29.5. The third-order valence-corrected chi connectivity index (χ3v) is 18.0. The molecule has 35 heteroatoms. The normalized spacial score (nSPS) is 11.8. The van der Waals surface area contributed by atoms with Gasteiger partial charge < -0.3 is 41.7 Å². The molecule has 6 rings (SSSR count). The van der Waals surface area contributed by atoms with Crippen molar-refractivity contribution in [1.82, 2.24) is 72.2 Å². The number of carbonyl (C=O) groups is 6. The fraction of sp³-hybridized carbons (Fsp3) is 0.414. The van der Waals surface area contributed by atoms with Gasteiger partial charge in [0.05, 0.1) is 40.6 Å². The Morgan fingerprint density at radius 2 is 0.882 bits per heavy atom. The van der Waals surface area contributed by atoms with Crippen molar-refractivity contribution in [1.29, 1.82) is 0 Å². The van der Waals surface area contributed by atoms with Gasteiger partial charge in [-0.2, -0.15) is 0 Å². The average Bonchev–Trinajstić information content (AvgIpc) is 0.948. The number of nitro groups is 1. The number of nitrogens with zero attached hydrogens (tertiary/aromatic N) is 11. The quantitative estimate of drug-likeness (QED) is 0.00904. The molecule has 6 aromatic rings. The van der Waals surface area contributed by atoms with E-state index in [1.54, 1.807) is 74.5 Å². The number of carbonyl (C=O) groups excluding carboxylic acids is 4. The molecule has 0 aliphatic rings. The van der Waals surface area contributed by atoms with Crippen molar-refractivity contribution in [2.45, 2.75) is 78.1 Å². The molecule has 0 aliphatic heterocycles. The monoisotopic (exact) mass is 1360 g/mol. The standard InChI is InChI=1S/C29H38N9O8PS.C29H39N8O6PS/c1-20-32-34-27(35-33-20)22-8-6-21(7-9-22)19-26(39)31-15-4-17-37(23-10-12-24(13-11-23)38(43)44)48(45,46)18-16-30-14-3-2-5-25(29(41)42)28(40)36-47;1-21-32-34-27(35-33-21)23-13-11-22(12-14-23)20-26(38)31-16-7-18-37(24-8-3-2-4-9-24)45(42,43)19-17-30-15-6-5-10-25(29(40)41)28(39)36-44/h6-13,25,30H,2-5,14-19,47H2,1H3,(H,31,39)(H,36,40)(H,41,42);2-4,8-9,11-14,25,30H,5-7,10,15-20,44H2,1H3,(H,31,38)(H,36,39)(H,40,41). The van der Waals surface area contributed by atoms with E-state index in [-0.39, 0.29) is 99.5 Å². The van der Waals surface area contributed by atoms with Crippen LogP contribution in [0.4, 0.5) is 17.1 Å². The smallest absolute Gasteiger partial charge is 0.316 e. The highest BCUT2D eigenvalue weighted by molar-refractivity contribution is 7.93. The molecule has 0 saturated heterocycles. The minimum absolute atomic E-state index is 0.0160. The predicted octanol–water partition coefficient (Wildman–Crippen LogP) is 2.90. The molecule has 4 unspecified atom stereocenters. The Balaban J connectivity index is 0.000000338. The first-order chi connectivity index (χ1) is 44.5. The molecule has 0 aliphatic carbocycles. The van der Waals surface area contributed by atoms with Gasteiger partial charge in [-0.05, 0) is 120 Å². The Bertz CT molecular complexity index is 3610. The minimum atomic E-state index is -3.88. The lowest BCUT2D eigenvalue weighted by molar-refractivity contribution is -0.384. The summed E-state index contributed by atoms with van der Waals surface area (Å²) in [7, 11) is -3.58. The zero-order chi connectivity index (χ0) is 67.8. The Kier molecular flexibility index (Phi) is 31.4. The summed E-state index contributed by atoms with van der Waals surface area (Å²) in [5, 5.41) is 77.3. The van der Waals surface area contributed by atoms with Crippen LogP contribution >= 0.6 is 18.8 Å². The van der Waals surface area contributed by atoms with Crippen LogP contribution in [-0.2, 0) is 61.7 Å². The summed E-state index contributed by atoms with van der Waals surface area (Å²) in [5.41, 5.74) is 3.60. The molecule has 4 atom stereocenters. The second-order valence-corrected chi connectivity index (χ2v) is 25.5. The van der Waals surface area contributed by atoms with Crippen LogP contribution in [0.3, 0.4) is 0 Å². The number of non-ortho nitro benzene ring substituents is 1. The van der Waals surface area contributed by atoms with Gasteiger partial charge in [-0.15, -0.1) is 40.8 Å². The maximum absolute atomic E-state index is 13.4. The number of unbranched alkanes of at least 4 members (excludes halogenated alkanes) is 2. The summed E-state index contributed by atoms with van der Waals surface area (Å²) in [6, 6.07) is 28.3. The van der Waals surface area contributed by atoms with Crippen LogP contribution < -0.4 is 40.1 Å². The SMILES string of the molecule is Cc1nnc(-c2ccc(CC(=O)NCCCN(c3ccc([N+](=O)[O-])cc3)S(=O)(=O)CCNCCCCC(C(=O)O)C(=O)NP)cc2)nn1.Cc1nnc(-c2ccc(CC(=O)NCCCN(c3ccccc3)S(=O)(=O)CCNCCCCC(C(=O)O)C(=O)NP)cc2)nn1. The van der Waals surface area contributed by atoms with Gasteiger partial charge in [-0.25, -0.2) is 16.8 Å². The van der Waals surface area contributed by atoms with Gasteiger partial charge in [0.15, 0.2) is 11.6 Å².